The molecule has 4 aromatic heterocycles. The topological polar surface area (TPSA) is 101 Å². The van der Waals surface area contributed by atoms with E-state index in [-0.39, 0.29) is 6.61 Å². The number of aryl methyl sites for hydroxylation is 1. The van der Waals surface area contributed by atoms with E-state index in [1.54, 1.807) is 18.2 Å². The Morgan fingerprint density at radius 2 is 1.95 bits per heavy atom. The third kappa shape index (κ3) is 6.37. The Kier molecular flexibility index (Phi) is 8.85. The Bertz CT molecular complexity index is 1680. The lowest BCUT2D eigenvalue weighted by Gasteiger charge is -2.31. The summed E-state index contributed by atoms with van der Waals surface area (Å²) >= 11 is 7.19. The van der Waals surface area contributed by atoms with Gasteiger partial charge in [-0.2, -0.15) is 0 Å². The minimum atomic E-state index is -2.16. The van der Waals surface area contributed by atoms with Gasteiger partial charge in [0.05, 0.1) is 35.2 Å². The van der Waals surface area contributed by atoms with Gasteiger partial charge in [-0.05, 0) is 57.1 Å². The van der Waals surface area contributed by atoms with Crippen LogP contribution in [0.2, 0.25) is 5.02 Å². The minimum Gasteiger partial charge on any atom is -0.473 e. The molecular weight excluding hydrogens is 598 g/mol. The van der Waals surface area contributed by atoms with Gasteiger partial charge in [0.1, 0.15) is 23.1 Å². The number of hydrogen-bond donors (Lipinski definition) is 2. The van der Waals surface area contributed by atoms with Crippen LogP contribution in [0.25, 0.3) is 10.3 Å². The molecule has 0 saturated carbocycles. The highest BCUT2D eigenvalue weighted by Crippen LogP contribution is 2.33. The second-order valence-corrected chi connectivity index (χ2v) is 13.2. The molecule has 42 heavy (non-hydrogen) atoms. The lowest BCUT2D eigenvalue weighted by molar-refractivity contribution is 0.196. The van der Waals surface area contributed by atoms with Crippen molar-refractivity contribution in [1.29, 1.82) is 0 Å². The van der Waals surface area contributed by atoms with Crippen molar-refractivity contribution in [3.8, 4) is 5.88 Å². The first-order valence-electron chi connectivity index (χ1n) is 13.8. The molecule has 0 bridgehead atoms. The van der Waals surface area contributed by atoms with Gasteiger partial charge in [0.25, 0.3) is 0 Å². The Morgan fingerprint density at radius 3 is 2.71 bits per heavy atom. The highest BCUT2D eigenvalue weighted by Gasteiger charge is 2.25. The minimum absolute atomic E-state index is 0.0841. The number of likely N-dealkylation sites (tertiary alicyclic amines) is 1. The van der Waals surface area contributed by atoms with Crippen molar-refractivity contribution in [2.45, 2.75) is 51.9 Å². The maximum atomic E-state index is 14.1. The number of pyridine rings is 1. The Balaban J connectivity index is 1.12. The van der Waals surface area contributed by atoms with E-state index in [0.717, 1.165) is 60.0 Å². The van der Waals surface area contributed by atoms with Crippen LogP contribution in [0.3, 0.4) is 0 Å². The molecule has 6 rings (SSSR count). The van der Waals surface area contributed by atoms with Crippen LogP contribution in [0.5, 0.6) is 5.88 Å². The average molecular weight is 629 g/mol. The fourth-order valence-electron chi connectivity index (χ4n) is 5.39. The smallest absolute Gasteiger partial charge is 0.213 e. The number of aromatic nitrogens is 5. The number of benzene rings is 1. The molecule has 0 atom stereocenters. The molecule has 0 amide bonds. The summed E-state index contributed by atoms with van der Waals surface area (Å²) in [6, 6.07) is 12.2. The van der Waals surface area contributed by atoms with E-state index in [9.17, 15) is 14.2 Å². The fraction of sp³-hybridized carbons (Fsp3) is 0.345. The van der Waals surface area contributed by atoms with Crippen LogP contribution in [-0.2, 0) is 26.2 Å². The van der Waals surface area contributed by atoms with Crippen LogP contribution >= 0.6 is 31.3 Å². The highest BCUT2D eigenvalue weighted by molar-refractivity contribution is 7.63. The molecule has 0 aliphatic carbocycles. The summed E-state index contributed by atoms with van der Waals surface area (Å²) in [6.45, 7) is 6.08. The van der Waals surface area contributed by atoms with Gasteiger partial charge in [-0.1, -0.05) is 23.7 Å². The van der Waals surface area contributed by atoms with E-state index in [4.69, 9.17) is 26.3 Å². The van der Waals surface area contributed by atoms with E-state index in [1.165, 1.54) is 17.4 Å². The van der Waals surface area contributed by atoms with Crippen LogP contribution in [0.15, 0.2) is 55.0 Å². The number of hydrogen-bond acceptors (Lipinski definition) is 8. The van der Waals surface area contributed by atoms with Crippen molar-refractivity contribution < 1.29 is 18.9 Å². The summed E-state index contributed by atoms with van der Waals surface area (Å²) in [6.07, 6.45) is 5.60. The molecule has 1 aliphatic heterocycles. The number of thiophene rings is 1. The first kappa shape index (κ1) is 29.2. The van der Waals surface area contributed by atoms with E-state index < -0.39 is 14.2 Å². The molecule has 2 N–H and O–H groups in total. The van der Waals surface area contributed by atoms with E-state index in [0.29, 0.717) is 40.1 Å². The van der Waals surface area contributed by atoms with Crippen molar-refractivity contribution in [3.63, 3.8) is 0 Å². The van der Waals surface area contributed by atoms with Crippen LogP contribution in [0, 0.1) is 5.82 Å². The van der Waals surface area contributed by atoms with Crippen molar-refractivity contribution in [3.05, 3.63) is 88.6 Å². The summed E-state index contributed by atoms with van der Waals surface area (Å²) in [5.41, 5.74) is 3.41. The molecule has 13 heteroatoms. The number of rotatable bonds is 10. The maximum Gasteiger partial charge on any atom is 0.213 e. The van der Waals surface area contributed by atoms with Crippen LogP contribution in [0.1, 0.15) is 48.5 Å². The van der Waals surface area contributed by atoms with Crippen LogP contribution in [-0.4, -0.2) is 51.9 Å². The summed E-state index contributed by atoms with van der Waals surface area (Å²) in [7, 11) is -2.16. The summed E-state index contributed by atoms with van der Waals surface area (Å²) in [5, 5.41) is 0.354. The molecule has 1 aromatic carbocycles. The molecule has 220 valence electrons. The van der Waals surface area contributed by atoms with Gasteiger partial charge in [0.2, 0.25) is 14.3 Å². The SMILES string of the molecule is CCn1cncc1Cn1c(CN2CCC(c3cccc(OCc4ccc(Cl)cc4F)n3)CC2)nc2sc(P(O)O)cc21. The Morgan fingerprint density at radius 1 is 1.12 bits per heavy atom. The zero-order valence-corrected chi connectivity index (χ0v) is 25.5. The van der Waals surface area contributed by atoms with Crippen LogP contribution in [0.4, 0.5) is 4.39 Å². The third-order valence-electron chi connectivity index (χ3n) is 7.68. The van der Waals surface area contributed by atoms with Gasteiger partial charge in [0, 0.05) is 41.0 Å². The van der Waals surface area contributed by atoms with Crippen molar-refractivity contribution in [2.24, 2.45) is 0 Å². The van der Waals surface area contributed by atoms with Crippen molar-refractivity contribution >= 4 is 46.3 Å². The first-order chi connectivity index (χ1) is 20.4. The number of ether oxygens (including phenoxy) is 1. The largest absolute Gasteiger partial charge is 0.473 e. The molecule has 1 aliphatic rings. The van der Waals surface area contributed by atoms with Gasteiger partial charge < -0.3 is 23.7 Å². The van der Waals surface area contributed by atoms with Gasteiger partial charge in [-0.25, -0.2) is 19.3 Å². The number of fused-ring (bicyclic) bond motifs is 1. The molecule has 5 heterocycles. The lowest BCUT2D eigenvalue weighted by Crippen LogP contribution is -2.33. The summed E-state index contributed by atoms with van der Waals surface area (Å²) in [5.74, 6) is 1.34. The molecule has 1 saturated heterocycles. The lowest BCUT2D eigenvalue weighted by atomic mass is 9.93. The zero-order chi connectivity index (χ0) is 29.2. The Hall–Kier alpha value is -2.92. The van der Waals surface area contributed by atoms with E-state index in [2.05, 4.69) is 25.9 Å². The van der Waals surface area contributed by atoms with E-state index >= 15 is 0 Å². The number of piperidine rings is 1. The summed E-state index contributed by atoms with van der Waals surface area (Å²) in [4.78, 5) is 36.8. The van der Waals surface area contributed by atoms with Gasteiger partial charge in [0.15, 0.2) is 0 Å². The van der Waals surface area contributed by atoms with Gasteiger partial charge >= 0.3 is 0 Å². The molecular formula is C29H31ClFN6O3PS. The summed E-state index contributed by atoms with van der Waals surface area (Å²) < 4.78 is 24.8. The molecule has 1 fully saturated rings. The third-order valence-corrected chi connectivity index (χ3v) is 10.0. The normalized spacial score (nSPS) is 14.8. The molecule has 0 radical (unpaired) electrons. The monoisotopic (exact) mass is 628 g/mol. The second kappa shape index (κ2) is 12.8. The molecule has 0 spiro atoms. The van der Waals surface area contributed by atoms with Gasteiger partial charge in [-0.3, -0.25) is 4.90 Å². The average Bonchev–Trinajstić information content (AvgIpc) is 3.69. The quantitative estimate of drug-likeness (QED) is 0.199. The Labute approximate surface area is 253 Å². The number of nitrogens with zero attached hydrogens (tertiary/aromatic N) is 6. The number of imidazole rings is 2. The molecule has 5 aromatic rings. The maximum absolute atomic E-state index is 14.1. The zero-order valence-electron chi connectivity index (χ0n) is 23.0. The molecule has 0 unspecified atom stereocenters. The van der Waals surface area contributed by atoms with Crippen LogP contribution < -0.4 is 9.36 Å². The van der Waals surface area contributed by atoms with Crippen molar-refractivity contribution in [2.75, 3.05) is 13.1 Å². The first-order valence-corrected chi connectivity index (χ1v) is 16.2. The predicted octanol–water partition coefficient (Wildman–Crippen LogP) is 5.43. The van der Waals surface area contributed by atoms with E-state index in [1.807, 2.05) is 30.7 Å². The highest BCUT2D eigenvalue weighted by atomic mass is 35.5. The predicted molar refractivity (Wildman–Crippen MR) is 163 cm³/mol. The second-order valence-electron chi connectivity index (χ2n) is 10.3. The van der Waals surface area contributed by atoms with Crippen molar-refractivity contribution in [1.82, 2.24) is 29.0 Å². The molecule has 9 nitrogen and oxygen atoms in total. The fourth-order valence-corrected chi connectivity index (χ4v) is 7.16. The standard InChI is InChI=1S/C29H31ClFN6O3PS/c1-2-36-18-32-14-22(36)15-37-25-13-28(41(38)39)42-29(25)34-26(37)16-35-10-8-19(9-11-35)24-4-3-5-27(33-24)40-17-20-6-7-21(30)12-23(20)31/h3-7,12-14,18-19,38-39H,2,8-11,15-17H2,1H3. The van der Waals surface area contributed by atoms with Gasteiger partial charge in [-0.15, -0.1) is 11.3 Å². The number of halogens is 2.